The first-order valence-electron chi connectivity index (χ1n) is 2.94. The van der Waals surface area contributed by atoms with Crippen molar-refractivity contribution >= 4 is 5.97 Å². The van der Waals surface area contributed by atoms with Gasteiger partial charge in [-0.1, -0.05) is 5.57 Å². The quantitative estimate of drug-likeness (QED) is 0.221. The van der Waals surface area contributed by atoms with Crippen LogP contribution >= 0.6 is 0 Å². The molecule has 0 radical (unpaired) electrons. The van der Waals surface area contributed by atoms with Crippen LogP contribution in [0.5, 0.6) is 0 Å². The minimum absolute atomic E-state index is 0.501. The molecule has 2 nitrogen and oxygen atoms in total. The number of cyclic esters (lactones) is 1. The molecule has 0 saturated carbocycles. The largest absolute Gasteiger partial charge is 0.404 e. The molecule has 0 fully saturated rings. The Morgan fingerprint density at radius 2 is 2.56 bits per heavy atom. The monoisotopic (exact) mass is 126 g/mol. The van der Waals surface area contributed by atoms with Crippen molar-refractivity contribution in [2.24, 2.45) is 0 Å². The Morgan fingerprint density at radius 1 is 1.78 bits per heavy atom. The van der Waals surface area contributed by atoms with E-state index in [4.69, 9.17) is 9.16 Å². The second-order valence-electron chi connectivity index (χ2n) is 1.94. The van der Waals surface area contributed by atoms with E-state index in [0.717, 1.165) is 19.6 Å². The molecule has 0 N–H and O–H groups in total. The van der Waals surface area contributed by atoms with E-state index < -0.39 is 0 Å². The molecule has 0 spiro atoms. The van der Waals surface area contributed by atoms with Crippen LogP contribution in [0.4, 0.5) is 0 Å². The molecule has 0 aromatic rings. The van der Waals surface area contributed by atoms with Crippen LogP contribution in [0.1, 0.15) is 6.42 Å². The highest BCUT2D eigenvalue weighted by molar-refractivity contribution is 5.89. The van der Waals surface area contributed by atoms with E-state index >= 15 is 0 Å². The summed E-state index contributed by atoms with van der Waals surface area (Å²) in [6.45, 7) is 8.61. The lowest BCUT2D eigenvalue weighted by molar-refractivity contribution is -0.476. The van der Waals surface area contributed by atoms with Gasteiger partial charge in [0.2, 0.25) is 0 Å². The third kappa shape index (κ3) is 1.49. The van der Waals surface area contributed by atoms with Gasteiger partial charge in [0.15, 0.2) is 13.2 Å². The molecular weight excluding hydrogens is 116 g/mol. The van der Waals surface area contributed by atoms with Crippen molar-refractivity contribution in [3.05, 3.63) is 19.1 Å². The molecule has 1 aliphatic heterocycles. The predicted octanol–water partition coefficient (Wildman–Crippen LogP) is 0.859. The lowest BCUT2D eigenvalue weighted by atomic mass is 10.3. The van der Waals surface area contributed by atoms with Crippen LogP contribution in [0.3, 0.4) is 0 Å². The second kappa shape index (κ2) is 2.58. The first-order valence-corrected chi connectivity index (χ1v) is 2.94. The molecule has 1 rings (SSSR count). The Kier molecular flexibility index (Phi) is 1.78. The molecule has 0 bridgehead atoms. The Morgan fingerprint density at radius 3 is 2.89 bits per heavy atom. The van der Waals surface area contributed by atoms with Crippen LogP contribution in [0.2, 0.25) is 0 Å². The molecule has 1 heterocycles. The van der Waals surface area contributed by atoms with E-state index in [9.17, 15) is 0 Å². The van der Waals surface area contributed by atoms with Crippen molar-refractivity contribution in [3.63, 3.8) is 0 Å². The maximum Gasteiger partial charge on any atom is 0.404 e. The Labute approximate surface area is 54.8 Å². The van der Waals surface area contributed by atoms with Gasteiger partial charge in [-0.15, -0.1) is 0 Å². The van der Waals surface area contributed by atoms with Crippen LogP contribution in [-0.2, 0) is 9.16 Å². The topological polar surface area (TPSA) is 20.5 Å². The number of carbonyl (C=O) groups excluding carboxylic acids is 1. The van der Waals surface area contributed by atoms with Crippen molar-refractivity contribution < 1.29 is 9.16 Å². The van der Waals surface area contributed by atoms with Crippen molar-refractivity contribution in [1.29, 1.82) is 0 Å². The average molecular weight is 126 g/mol. The van der Waals surface area contributed by atoms with Gasteiger partial charge in [-0.05, 0) is 0 Å². The fourth-order valence-corrected chi connectivity index (χ4v) is 0.634. The maximum absolute atomic E-state index is 5.07. The molecule has 0 amide bonds. The molecular formula is C7H10O2. The maximum atomic E-state index is 5.07. The van der Waals surface area contributed by atoms with E-state index in [1.807, 2.05) is 0 Å². The highest BCUT2D eigenvalue weighted by Gasteiger charge is 2.11. The highest BCUT2D eigenvalue weighted by atomic mass is 16.6. The van der Waals surface area contributed by atoms with Crippen LogP contribution < -0.4 is 0 Å². The van der Waals surface area contributed by atoms with Gasteiger partial charge in [-0.25, -0.2) is 0 Å². The standard InChI is InChI=1S/C7H10O2/c1-6(2)7-8-4-3-5-9-7/h1-5H2. The molecule has 1 aliphatic rings. The molecule has 0 saturated heterocycles. The number of hydrogen-bond acceptors (Lipinski definition) is 1. The molecule has 50 valence electrons. The van der Waals surface area contributed by atoms with E-state index in [0.29, 0.717) is 11.5 Å². The zero-order valence-corrected chi connectivity index (χ0v) is 5.35. The third-order valence-corrected chi connectivity index (χ3v) is 1.04. The first kappa shape index (κ1) is 6.20. The van der Waals surface area contributed by atoms with E-state index in [-0.39, 0.29) is 0 Å². The van der Waals surface area contributed by atoms with Gasteiger partial charge in [-0.2, -0.15) is 13.5 Å². The van der Waals surface area contributed by atoms with Crippen molar-refractivity contribution in [2.75, 3.05) is 13.2 Å². The number of rotatable bonds is 1. The third-order valence-electron chi connectivity index (χ3n) is 1.04. The fraction of sp³-hybridized carbons (Fsp3) is 0.429. The summed E-state index contributed by atoms with van der Waals surface area (Å²) < 4.78 is 10.1. The molecule has 0 aliphatic carbocycles. The summed E-state index contributed by atoms with van der Waals surface area (Å²) in [5, 5.41) is 0. The normalized spacial score (nSPS) is 18.0. The molecule has 0 atom stereocenters. The average Bonchev–Trinajstić information content (AvgIpc) is 1.90. The van der Waals surface area contributed by atoms with Crippen LogP contribution in [0, 0.1) is 6.92 Å². The molecule has 2 heteroatoms. The van der Waals surface area contributed by atoms with Gasteiger partial charge in [0.05, 0.1) is 6.42 Å². The highest BCUT2D eigenvalue weighted by Crippen LogP contribution is 1.98. The number of esters is 1. The lowest BCUT2D eigenvalue weighted by Gasteiger charge is -2.06. The van der Waals surface area contributed by atoms with Gasteiger partial charge in [0.1, 0.15) is 0 Å². The fourth-order valence-electron chi connectivity index (χ4n) is 0.634. The van der Waals surface area contributed by atoms with Crippen LogP contribution in [-0.4, -0.2) is 19.2 Å². The summed E-state index contributed by atoms with van der Waals surface area (Å²) in [5.74, 6) is 0.501. The summed E-state index contributed by atoms with van der Waals surface area (Å²) in [4.78, 5) is 0. The predicted molar refractivity (Wildman–Crippen MR) is 34.9 cm³/mol. The molecule has 0 aromatic carbocycles. The lowest BCUT2D eigenvalue weighted by Crippen LogP contribution is -2.17. The Bertz CT molecular complexity index is 147. The van der Waals surface area contributed by atoms with Crippen LogP contribution in [0.25, 0.3) is 0 Å². The van der Waals surface area contributed by atoms with Gasteiger partial charge < -0.3 is 9.16 Å². The minimum Gasteiger partial charge on any atom is -0.376 e. The first-order chi connectivity index (χ1) is 4.30. The summed E-state index contributed by atoms with van der Waals surface area (Å²) in [6, 6.07) is 0. The zero-order chi connectivity index (χ0) is 6.69. The van der Waals surface area contributed by atoms with Gasteiger partial charge in [0.25, 0.3) is 0 Å². The Hall–Kier alpha value is -0.920. The summed E-state index contributed by atoms with van der Waals surface area (Å²) in [6.07, 6.45) is 0.955. The number of hydrogen-bond donors (Lipinski definition) is 0. The number of ether oxygens (including phenoxy) is 1. The van der Waals surface area contributed by atoms with Gasteiger partial charge in [0, 0.05) is 0 Å². The summed E-state index contributed by atoms with van der Waals surface area (Å²) in [5.41, 5.74) is 0.620. The SMILES string of the molecule is C=C([CH2-])C1=[O+]CCCO1. The van der Waals surface area contributed by atoms with Crippen molar-refractivity contribution in [1.82, 2.24) is 0 Å². The molecule has 0 unspecified atom stereocenters. The molecule has 9 heavy (non-hydrogen) atoms. The molecule has 0 aromatic heterocycles. The van der Waals surface area contributed by atoms with Crippen molar-refractivity contribution in [2.45, 2.75) is 6.42 Å². The summed E-state index contributed by atoms with van der Waals surface area (Å²) >= 11 is 0. The Balaban J connectivity index is 2.57. The minimum atomic E-state index is 0.501. The summed E-state index contributed by atoms with van der Waals surface area (Å²) in [7, 11) is 0. The van der Waals surface area contributed by atoms with Gasteiger partial charge >= 0.3 is 5.97 Å². The van der Waals surface area contributed by atoms with Crippen LogP contribution in [0.15, 0.2) is 12.2 Å². The van der Waals surface area contributed by atoms with E-state index in [1.165, 1.54) is 0 Å². The zero-order valence-electron chi connectivity index (χ0n) is 5.35. The smallest absolute Gasteiger partial charge is 0.376 e. The second-order valence-corrected chi connectivity index (χ2v) is 1.94. The van der Waals surface area contributed by atoms with Crippen molar-refractivity contribution in [3.8, 4) is 0 Å². The van der Waals surface area contributed by atoms with E-state index in [2.05, 4.69) is 13.5 Å². The van der Waals surface area contributed by atoms with Gasteiger partial charge in [-0.3, -0.25) is 0 Å². The van der Waals surface area contributed by atoms with E-state index in [1.54, 1.807) is 0 Å².